The van der Waals surface area contributed by atoms with E-state index in [-0.39, 0.29) is 31.3 Å². The molecule has 0 aromatic rings. The summed E-state index contributed by atoms with van der Waals surface area (Å²) in [4.78, 5) is 42.4. The lowest BCUT2D eigenvalue weighted by atomic mass is 9.44. The summed E-state index contributed by atoms with van der Waals surface area (Å²) in [6, 6.07) is 0. The maximum Gasteiger partial charge on any atom is 0.470 e. The third-order valence-electron chi connectivity index (χ3n) is 8.61. The molecule has 3 saturated carbocycles. The average molecular weight is 476 g/mol. The summed E-state index contributed by atoms with van der Waals surface area (Å²) in [7, 11) is -4.97. The van der Waals surface area contributed by atoms with Crippen LogP contribution in [0.15, 0.2) is 23.8 Å². The van der Waals surface area contributed by atoms with Crippen LogP contribution in [0.2, 0.25) is 0 Å². The van der Waals surface area contributed by atoms with Gasteiger partial charge in [-0.3, -0.25) is 14.1 Å². The Morgan fingerprint density at radius 2 is 1.97 bits per heavy atom. The van der Waals surface area contributed by atoms with Crippen LogP contribution in [0.1, 0.15) is 39.5 Å². The second kappa shape index (κ2) is 7.10. The zero-order valence-corrected chi connectivity index (χ0v) is 18.6. The molecule has 0 bridgehead atoms. The van der Waals surface area contributed by atoms with Gasteiger partial charge in [0.05, 0.1) is 6.10 Å². The Balaban J connectivity index is 1.73. The first-order chi connectivity index (χ1) is 14.6. The summed E-state index contributed by atoms with van der Waals surface area (Å²) in [6.07, 6.45) is -0.416. The number of phosphoric ester groups is 1. The summed E-state index contributed by atoms with van der Waals surface area (Å²) in [6.45, 7) is 1.92. The van der Waals surface area contributed by atoms with Crippen molar-refractivity contribution >= 4 is 19.4 Å². The lowest BCUT2D eigenvalue weighted by Crippen LogP contribution is -2.70. The first-order valence-electron chi connectivity index (χ1n) is 10.5. The number of allylic oxidation sites excluding steroid dienone is 4. The Labute approximate surface area is 183 Å². The molecule has 32 heavy (non-hydrogen) atoms. The van der Waals surface area contributed by atoms with Gasteiger partial charge in [0, 0.05) is 16.7 Å². The zero-order valence-electron chi connectivity index (χ0n) is 17.7. The van der Waals surface area contributed by atoms with Gasteiger partial charge in [0.25, 0.3) is 0 Å². The van der Waals surface area contributed by atoms with Gasteiger partial charge in [-0.15, -0.1) is 0 Å². The van der Waals surface area contributed by atoms with E-state index in [0.29, 0.717) is 0 Å². The van der Waals surface area contributed by atoms with Crippen LogP contribution in [0, 0.1) is 22.7 Å². The summed E-state index contributed by atoms with van der Waals surface area (Å²) < 4.78 is 47.4. The topological polar surface area (TPSA) is 141 Å². The van der Waals surface area contributed by atoms with Gasteiger partial charge in [0.2, 0.25) is 0 Å². The van der Waals surface area contributed by atoms with Crippen LogP contribution in [0.5, 0.6) is 0 Å². The smallest absolute Gasteiger partial charge is 0.390 e. The Morgan fingerprint density at radius 1 is 1.31 bits per heavy atom. The highest BCUT2D eigenvalue weighted by Crippen LogP contribution is 2.70. The number of halogens is 2. The molecule has 11 heteroatoms. The second-order valence-corrected chi connectivity index (χ2v) is 11.2. The SMILES string of the molecule is CC12C=CC(=O)C=C1C(F)CC1C3CCC(O)(C(=O)COP(=O)(O)O)C3(C)CC(O)C12F. The normalized spacial score (nSPS) is 48.0. The summed E-state index contributed by atoms with van der Waals surface area (Å²) in [5.41, 5.74) is -7.42. The third-order valence-corrected chi connectivity index (χ3v) is 9.07. The number of fused-ring (bicyclic) bond motifs is 5. The van der Waals surface area contributed by atoms with Gasteiger partial charge in [0.15, 0.2) is 17.2 Å². The van der Waals surface area contributed by atoms with Crippen molar-refractivity contribution in [2.75, 3.05) is 6.61 Å². The van der Waals surface area contributed by atoms with Crippen molar-refractivity contribution in [1.82, 2.24) is 0 Å². The Hall–Kier alpha value is -1.29. The van der Waals surface area contributed by atoms with Gasteiger partial charge in [0.1, 0.15) is 18.4 Å². The molecule has 0 aromatic heterocycles. The quantitative estimate of drug-likeness (QED) is 0.450. The van der Waals surface area contributed by atoms with E-state index in [2.05, 4.69) is 4.52 Å². The van der Waals surface area contributed by atoms with Crippen LogP contribution in [-0.4, -0.2) is 61.7 Å². The van der Waals surface area contributed by atoms with Crippen molar-refractivity contribution in [3.05, 3.63) is 23.8 Å². The number of aliphatic hydroxyl groups is 2. The molecule has 8 unspecified atom stereocenters. The van der Waals surface area contributed by atoms with Crippen molar-refractivity contribution in [2.24, 2.45) is 22.7 Å². The van der Waals surface area contributed by atoms with Crippen molar-refractivity contribution in [3.8, 4) is 0 Å². The number of phosphoric acid groups is 1. The third kappa shape index (κ3) is 3.00. The molecule has 0 spiro atoms. The Bertz CT molecular complexity index is 977. The molecule has 0 aliphatic heterocycles. The number of Topliss-reactive ketones (excluding diaryl/α,β-unsaturated/α-hetero) is 1. The molecule has 4 N–H and O–H groups in total. The van der Waals surface area contributed by atoms with Gasteiger partial charge in [-0.2, -0.15) is 0 Å². The number of aliphatic hydroxyl groups excluding tert-OH is 1. The molecular formula is C21H27F2O8P. The van der Waals surface area contributed by atoms with Crippen LogP contribution >= 0.6 is 7.82 Å². The van der Waals surface area contributed by atoms with Crippen molar-refractivity contribution in [1.29, 1.82) is 0 Å². The van der Waals surface area contributed by atoms with E-state index in [1.807, 2.05) is 0 Å². The second-order valence-electron chi connectivity index (χ2n) is 9.95. The van der Waals surface area contributed by atoms with Crippen LogP contribution in [0.3, 0.4) is 0 Å². The van der Waals surface area contributed by atoms with E-state index in [9.17, 15) is 24.4 Å². The largest absolute Gasteiger partial charge is 0.470 e. The van der Waals surface area contributed by atoms with E-state index in [1.54, 1.807) is 0 Å². The van der Waals surface area contributed by atoms with E-state index in [4.69, 9.17) is 9.79 Å². The number of carbonyl (C=O) groups excluding carboxylic acids is 2. The summed E-state index contributed by atoms with van der Waals surface area (Å²) in [5, 5.41) is 22.4. The standard InChI is InChI=1S/C21H27F2O8P/c1-18-5-3-11(24)7-14(18)15(22)8-13-12-4-6-20(27,17(26)10-31-32(28,29)30)19(12,2)9-16(25)21(13,18)23/h3,5,7,12-13,15-16,25,27H,4,6,8-10H2,1-2H3,(H2,28,29,30). The molecule has 3 fully saturated rings. The van der Waals surface area contributed by atoms with Crippen LogP contribution in [0.4, 0.5) is 8.78 Å². The number of carbonyl (C=O) groups is 2. The zero-order chi connectivity index (χ0) is 23.9. The molecule has 8 nitrogen and oxygen atoms in total. The van der Waals surface area contributed by atoms with Gasteiger partial charge in [-0.1, -0.05) is 13.0 Å². The van der Waals surface area contributed by atoms with E-state index >= 15 is 8.78 Å². The molecule has 8 atom stereocenters. The average Bonchev–Trinajstić information content (AvgIpc) is 2.95. The first kappa shape index (κ1) is 23.9. The van der Waals surface area contributed by atoms with Crippen LogP contribution in [-0.2, 0) is 18.7 Å². The molecule has 0 saturated heterocycles. The van der Waals surface area contributed by atoms with Crippen LogP contribution in [0.25, 0.3) is 0 Å². The van der Waals surface area contributed by atoms with E-state index in [1.165, 1.54) is 19.9 Å². The summed E-state index contributed by atoms with van der Waals surface area (Å²) in [5.74, 6) is -3.19. The van der Waals surface area contributed by atoms with Crippen molar-refractivity contribution < 1.29 is 47.5 Å². The minimum Gasteiger partial charge on any atom is -0.390 e. The van der Waals surface area contributed by atoms with Gasteiger partial charge in [-0.05, 0) is 56.3 Å². The lowest BCUT2D eigenvalue weighted by molar-refractivity contribution is -0.221. The van der Waals surface area contributed by atoms with E-state index < -0.39 is 72.2 Å². The van der Waals surface area contributed by atoms with Crippen molar-refractivity contribution in [3.63, 3.8) is 0 Å². The van der Waals surface area contributed by atoms with E-state index in [0.717, 1.165) is 12.2 Å². The number of alkyl halides is 2. The molecule has 4 rings (SSSR count). The minimum absolute atomic E-state index is 0.0224. The van der Waals surface area contributed by atoms with Gasteiger partial charge in [-0.25, -0.2) is 13.3 Å². The van der Waals surface area contributed by atoms with Crippen LogP contribution < -0.4 is 0 Å². The maximum atomic E-state index is 16.9. The molecule has 0 heterocycles. The highest BCUT2D eigenvalue weighted by Gasteiger charge is 2.75. The van der Waals surface area contributed by atoms with Gasteiger partial charge >= 0.3 is 7.82 Å². The lowest BCUT2D eigenvalue weighted by Gasteiger charge is -2.63. The molecule has 178 valence electrons. The molecular weight excluding hydrogens is 449 g/mol. The van der Waals surface area contributed by atoms with Gasteiger partial charge < -0.3 is 20.0 Å². The van der Waals surface area contributed by atoms with Crippen molar-refractivity contribution in [2.45, 2.75) is 63.1 Å². The number of ketones is 2. The minimum atomic E-state index is -4.97. The fourth-order valence-electron chi connectivity index (χ4n) is 6.93. The number of rotatable bonds is 4. The Kier molecular flexibility index (Phi) is 5.30. The first-order valence-corrected chi connectivity index (χ1v) is 12.1. The predicted octanol–water partition coefficient (Wildman–Crippen LogP) is 1.71. The molecule has 0 amide bonds. The fraction of sp³-hybridized carbons (Fsp3) is 0.714. The molecule has 0 radical (unpaired) electrons. The monoisotopic (exact) mass is 476 g/mol. The fourth-order valence-corrected chi connectivity index (χ4v) is 7.21. The molecule has 4 aliphatic carbocycles. The molecule has 4 aliphatic rings. The molecule has 0 aromatic carbocycles. The highest BCUT2D eigenvalue weighted by atomic mass is 31.2. The highest BCUT2D eigenvalue weighted by molar-refractivity contribution is 7.46. The maximum absolute atomic E-state index is 16.9. The number of hydrogen-bond donors (Lipinski definition) is 4. The summed E-state index contributed by atoms with van der Waals surface area (Å²) >= 11 is 0. The number of hydrogen-bond acceptors (Lipinski definition) is 6. The Morgan fingerprint density at radius 3 is 2.59 bits per heavy atom. The predicted molar refractivity (Wildman–Crippen MR) is 107 cm³/mol.